The second kappa shape index (κ2) is 18.6. The van der Waals surface area contributed by atoms with Crippen LogP contribution in [0.25, 0.3) is 10.1 Å². The summed E-state index contributed by atoms with van der Waals surface area (Å²) in [7, 11) is -9.78. The Morgan fingerprint density at radius 2 is 1.56 bits per heavy atom. The van der Waals surface area contributed by atoms with E-state index in [2.05, 4.69) is 5.32 Å². The Hall–Kier alpha value is -5.22. The number of nitriles is 1. The molecule has 4 aromatic rings. The summed E-state index contributed by atoms with van der Waals surface area (Å²) < 4.78 is 142. The van der Waals surface area contributed by atoms with Gasteiger partial charge in [0.05, 0.1) is 28.7 Å². The van der Waals surface area contributed by atoms with Gasteiger partial charge in [0, 0.05) is 24.4 Å². The maximum Gasteiger partial charge on any atom is 0.430 e. The number of halogens is 7. The van der Waals surface area contributed by atoms with Crippen molar-refractivity contribution in [3.05, 3.63) is 76.9 Å². The summed E-state index contributed by atoms with van der Waals surface area (Å²) in [6.45, 7) is 6.15. The third-order valence-electron chi connectivity index (χ3n) is 10.3. The van der Waals surface area contributed by atoms with E-state index in [9.17, 15) is 50.4 Å². The molecule has 16 nitrogen and oxygen atoms in total. The van der Waals surface area contributed by atoms with Gasteiger partial charge in [-0.05, 0) is 30.3 Å². The van der Waals surface area contributed by atoms with Gasteiger partial charge in [0.25, 0.3) is 15.9 Å². The number of para-hydroxylation sites is 1. The molecule has 0 radical (unpaired) electrons. The summed E-state index contributed by atoms with van der Waals surface area (Å²) in [4.78, 5) is 33.6. The predicted octanol–water partition coefficient (Wildman–Crippen LogP) is 2.77. The van der Waals surface area contributed by atoms with Crippen LogP contribution >= 0.6 is 18.9 Å². The van der Waals surface area contributed by atoms with Gasteiger partial charge in [0.15, 0.2) is 36.5 Å². The molecule has 26 heteroatoms. The van der Waals surface area contributed by atoms with Crippen LogP contribution in [0.15, 0.2) is 46.7 Å². The second-order valence-electron chi connectivity index (χ2n) is 14.2. The average Bonchev–Trinajstić information content (AvgIpc) is 3.68. The number of hydrogen-bond donors (Lipinski definition) is 4. The lowest BCUT2D eigenvalue weighted by Crippen LogP contribution is -2.75. The first-order valence-electron chi connectivity index (χ1n) is 18.1. The number of fused-ring (bicyclic) bond motifs is 4. The van der Waals surface area contributed by atoms with Crippen LogP contribution in [0.1, 0.15) is 22.3 Å². The van der Waals surface area contributed by atoms with Crippen LogP contribution in [-0.4, -0.2) is 117 Å². The molecular weight excluding hydrogens is 907 g/mol. The number of benzene rings is 3. The highest BCUT2D eigenvalue weighted by Gasteiger charge is 2.48. The van der Waals surface area contributed by atoms with Crippen LogP contribution in [0.4, 0.5) is 30.7 Å². The molecule has 3 fully saturated rings. The van der Waals surface area contributed by atoms with Crippen LogP contribution in [0.2, 0.25) is 0 Å². The van der Waals surface area contributed by atoms with Crippen molar-refractivity contribution in [2.24, 2.45) is 0 Å². The Morgan fingerprint density at radius 1 is 0.952 bits per heavy atom. The lowest BCUT2D eigenvalue weighted by Gasteiger charge is -2.55. The normalized spacial score (nSPS) is 19.5. The number of carbonyl (C=O) groups is 2. The highest BCUT2D eigenvalue weighted by atomic mass is 32.2. The number of hydrogen-bond acceptors (Lipinski definition) is 13. The minimum atomic E-state index is -5.19. The SMILES string of the molecule is N#Cc1ccc(OP(=O)([O-])CNS(=O)(=O)c2cc3c(F)c(F)c(OCC[N+]45CC[N+](CCCNC(=O)c6cccc(O)c6O)(CC4)CC5)c(F)c3s2)cc1F.O=C([O-])C(F)(F)F. The number of carboxylic acids is 1. The fourth-order valence-corrected chi connectivity index (χ4v) is 10.7. The van der Waals surface area contributed by atoms with Crippen molar-refractivity contribution in [3.63, 3.8) is 0 Å². The van der Waals surface area contributed by atoms with Gasteiger partial charge in [-0.25, -0.2) is 26.3 Å². The molecule has 4 N–H and O–H groups in total. The van der Waals surface area contributed by atoms with Crippen LogP contribution < -0.4 is 29.3 Å². The monoisotopic (exact) mass is 941 g/mol. The number of aromatic hydroxyl groups is 2. The Kier molecular flexibility index (Phi) is 14.4. The summed E-state index contributed by atoms with van der Waals surface area (Å²) in [6, 6.07) is 8.95. The van der Waals surface area contributed by atoms with Gasteiger partial charge in [-0.2, -0.15) is 22.8 Å². The van der Waals surface area contributed by atoms with Crippen LogP contribution in [0.5, 0.6) is 23.0 Å². The Labute approximate surface area is 351 Å². The number of thiophene rings is 1. The lowest BCUT2D eigenvalue weighted by molar-refractivity contribution is -1.08. The van der Waals surface area contributed by atoms with Gasteiger partial charge in [0.2, 0.25) is 5.82 Å². The van der Waals surface area contributed by atoms with Gasteiger partial charge in [0.1, 0.15) is 80.2 Å². The third-order valence-corrected chi connectivity index (χ3v) is 14.5. The highest BCUT2D eigenvalue weighted by Crippen LogP contribution is 2.41. The minimum Gasteiger partial charge on any atom is -0.768 e. The summed E-state index contributed by atoms with van der Waals surface area (Å²) in [5, 5.41) is 39.2. The number of carboxylic acid groups (broad SMARTS) is 1. The molecule has 0 saturated carbocycles. The van der Waals surface area contributed by atoms with E-state index in [1.54, 1.807) is 10.8 Å². The van der Waals surface area contributed by atoms with Gasteiger partial charge < -0.3 is 48.6 Å². The molecule has 1 amide bonds. The van der Waals surface area contributed by atoms with E-state index >= 15 is 13.2 Å². The minimum absolute atomic E-state index is 0.0172. The van der Waals surface area contributed by atoms with E-state index in [4.69, 9.17) is 24.4 Å². The molecule has 4 heterocycles. The fourth-order valence-electron chi connectivity index (χ4n) is 6.82. The number of amides is 1. The van der Waals surface area contributed by atoms with Crippen LogP contribution in [0, 0.1) is 34.6 Å². The first-order valence-corrected chi connectivity index (χ1v) is 22.1. The number of piperazine rings is 3. The van der Waals surface area contributed by atoms with E-state index in [0.29, 0.717) is 36.1 Å². The number of nitrogens with zero attached hydrogens (tertiary/aromatic N) is 3. The van der Waals surface area contributed by atoms with Crippen LogP contribution in [-0.2, 0) is 19.4 Å². The van der Waals surface area contributed by atoms with Gasteiger partial charge in [-0.3, -0.25) is 9.36 Å². The first kappa shape index (κ1) is 47.8. The molecule has 7 rings (SSSR count). The molecule has 1 unspecified atom stereocenters. The zero-order valence-corrected chi connectivity index (χ0v) is 34.4. The lowest BCUT2D eigenvalue weighted by atomic mass is 10.1. The van der Waals surface area contributed by atoms with E-state index < -0.39 is 96.8 Å². The maximum absolute atomic E-state index is 15.6. The van der Waals surface area contributed by atoms with Crippen molar-refractivity contribution in [1.82, 2.24) is 10.0 Å². The Bertz CT molecular complexity index is 2550. The van der Waals surface area contributed by atoms with E-state index in [1.807, 2.05) is 0 Å². The summed E-state index contributed by atoms with van der Waals surface area (Å²) >= 11 is 0.234. The molecule has 336 valence electrons. The van der Waals surface area contributed by atoms with Crippen molar-refractivity contribution >= 4 is 50.9 Å². The molecular formula is C36H35F7N5O11PS2. The second-order valence-corrected chi connectivity index (χ2v) is 19.0. The largest absolute Gasteiger partial charge is 0.768 e. The Balaban J connectivity index is 0.000000955. The topological polar surface area (TPSA) is 238 Å². The number of phenols is 2. The molecule has 3 aliphatic rings. The van der Waals surface area contributed by atoms with E-state index in [-0.39, 0.29) is 34.8 Å². The quantitative estimate of drug-likeness (QED) is 0.0336. The maximum atomic E-state index is 15.6. The number of sulfonamides is 1. The summed E-state index contributed by atoms with van der Waals surface area (Å²) in [5.74, 6) is -11.5. The molecule has 3 aliphatic heterocycles. The molecule has 1 atom stereocenters. The summed E-state index contributed by atoms with van der Waals surface area (Å²) in [6.07, 6.45) is -5.84. The molecule has 0 aliphatic carbocycles. The average molecular weight is 942 g/mol. The molecule has 62 heavy (non-hydrogen) atoms. The van der Waals surface area contributed by atoms with Crippen molar-refractivity contribution < 1.29 is 91.7 Å². The van der Waals surface area contributed by atoms with E-state index in [1.165, 1.54) is 18.2 Å². The predicted molar refractivity (Wildman–Crippen MR) is 199 cm³/mol. The number of alkyl halides is 3. The smallest absolute Gasteiger partial charge is 0.430 e. The highest BCUT2D eigenvalue weighted by molar-refractivity contribution is 7.92. The molecule has 1 aromatic heterocycles. The van der Waals surface area contributed by atoms with Crippen molar-refractivity contribution in [1.29, 1.82) is 5.26 Å². The number of carbonyl (C=O) groups excluding carboxylic acids is 2. The number of quaternary nitrogens is 2. The number of rotatable bonds is 15. The Morgan fingerprint density at radius 3 is 2.15 bits per heavy atom. The number of aliphatic carboxylic acids is 1. The van der Waals surface area contributed by atoms with Crippen LogP contribution in [0.3, 0.4) is 0 Å². The fraction of sp³-hybridized carbons (Fsp3) is 0.361. The number of ether oxygens (including phenoxy) is 1. The number of nitrogens with one attached hydrogen (secondary N) is 2. The van der Waals surface area contributed by atoms with Gasteiger partial charge in [-0.1, -0.05) is 6.07 Å². The summed E-state index contributed by atoms with van der Waals surface area (Å²) in [5.41, 5.74) is -0.395. The van der Waals surface area contributed by atoms with Crippen molar-refractivity contribution in [3.8, 4) is 29.1 Å². The van der Waals surface area contributed by atoms with Gasteiger partial charge in [-0.15, -0.1) is 11.3 Å². The molecule has 3 saturated heterocycles. The van der Waals surface area contributed by atoms with Gasteiger partial charge >= 0.3 is 6.18 Å². The number of phenolic OH excluding ortho intramolecular Hbond substituents is 2. The zero-order valence-electron chi connectivity index (χ0n) is 31.8. The first-order chi connectivity index (χ1) is 28.9. The third kappa shape index (κ3) is 11.0. The molecule has 2 bridgehead atoms. The standard InChI is InChI=1S/C34H34F4N5O9PS2.C2HF3O2/c35-25-17-22(6-5-21(25)19-39)52-53(47,48)20-41-55(49,50)27-18-24-28(36)29(37)32(30(38)33(24)54-27)51-16-15-43-12-9-42(10-13-43,11-14-43)8-2-7-40-34(46)23-3-1-4-26(44)31(23)45;3-2(4,5)1(6)7/h1,3-6,17-18,41H,2,7-16,20H2,(H2-2,40,44,45,46,47,48);(H,6,7). The van der Waals surface area contributed by atoms with Crippen molar-refractivity contribution in [2.45, 2.75) is 16.8 Å². The zero-order chi connectivity index (χ0) is 45.8. The van der Waals surface area contributed by atoms with E-state index in [0.717, 1.165) is 62.4 Å². The molecule has 0 spiro atoms. The van der Waals surface area contributed by atoms with Crippen molar-refractivity contribution in [2.75, 3.05) is 71.8 Å². The molecule has 3 aromatic carbocycles.